The number of pyridine rings is 1. The first-order chi connectivity index (χ1) is 17.2. The molecule has 1 saturated carbocycles. The van der Waals surface area contributed by atoms with E-state index in [4.69, 9.17) is 9.72 Å². The molecule has 9 heteroatoms. The number of nitrogens with zero attached hydrogens (tertiary/aromatic N) is 6. The number of imidazole rings is 1. The first-order valence-electron chi connectivity index (χ1n) is 12.3. The number of unbranched alkanes of at least 4 members (excludes halogenated alkanes) is 1. The first-order valence-corrected chi connectivity index (χ1v) is 12.3. The predicted molar refractivity (Wildman–Crippen MR) is 133 cm³/mol. The summed E-state index contributed by atoms with van der Waals surface area (Å²) in [5.74, 6) is 0.611. The zero-order chi connectivity index (χ0) is 24.2. The molecule has 0 saturated heterocycles. The van der Waals surface area contributed by atoms with Crippen LogP contribution < -0.4 is 5.69 Å². The molecule has 182 valence electrons. The minimum absolute atomic E-state index is 0.0269. The van der Waals surface area contributed by atoms with Gasteiger partial charge in [0.05, 0.1) is 24.4 Å². The van der Waals surface area contributed by atoms with Crippen molar-refractivity contribution >= 4 is 0 Å². The molecule has 9 nitrogen and oxygen atoms in total. The fourth-order valence-corrected chi connectivity index (χ4v) is 5.07. The Morgan fingerprint density at radius 3 is 2.71 bits per heavy atom. The fraction of sp³-hybridized carbons (Fsp3) is 0.423. The van der Waals surface area contributed by atoms with Gasteiger partial charge >= 0.3 is 5.69 Å². The second kappa shape index (κ2) is 10.4. The number of aromatic amines is 1. The highest BCUT2D eigenvalue weighted by Gasteiger charge is 2.31. The van der Waals surface area contributed by atoms with E-state index in [1.807, 2.05) is 51.7 Å². The van der Waals surface area contributed by atoms with Gasteiger partial charge in [-0.1, -0.05) is 43.7 Å². The number of ether oxygens (including phenoxy) is 1. The van der Waals surface area contributed by atoms with Gasteiger partial charge in [-0.05, 0) is 54.2 Å². The molecule has 0 radical (unpaired) electrons. The molecule has 1 aliphatic rings. The lowest BCUT2D eigenvalue weighted by Gasteiger charge is -2.18. The van der Waals surface area contributed by atoms with Crippen molar-refractivity contribution in [2.45, 2.75) is 64.1 Å². The van der Waals surface area contributed by atoms with E-state index in [0.29, 0.717) is 12.4 Å². The van der Waals surface area contributed by atoms with Crippen LogP contribution in [0.4, 0.5) is 0 Å². The molecule has 0 amide bonds. The molecule has 4 aromatic rings. The standard InChI is InChI=1S/C26H31N7O2/c1-3-4-8-20-17-33(23-11-7-12-24(23)35-2)26(34)32(20)16-19-14-13-18(15-27-19)21-9-5-6-10-22(21)25-28-30-31-29-25/h5-6,9-10,13-15,17,23-24H,3-4,7-8,11-12,16H2,1-2H3,(H,28,29,30,31). The highest BCUT2D eigenvalue weighted by atomic mass is 16.5. The van der Waals surface area contributed by atoms with Crippen LogP contribution in [0.3, 0.4) is 0 Å². The van der Waals surface area contributed by atoms with Crippen molar-refractivity contribution in [2.75, 3.05) is 7.11 Å². The maximum atomic E-state index is 13.5. The monoisotopic (exact) mass is 473 g/mol. The molecule has 0 bridgehead atoms. The lowest BCUT2D eigenvalue weighted by Crippen LogP contribution is -2.32. The zero-order valence-electron chi connectivity index (χ0n) is 20.2. The first kappa shape index (κ1) is 23.2. The van der Waals surface area contributed by atoms with E-state index in [9.17, 15) is 4.79 Å². The number of hydrogen-bond donors (Lipinski definition) is 1. The largest absolute Gasteiger partial charge is 0.379 e. The Morgan fingerprint density at radius 1 is 1.14 bits per heavy atom. The smallest absolute Gasteiger partial charge is 0.329 e. The van der Waals surface area contributed by atoms with E-state index >= 15 is 0 Å². The zero-order valence-corrected chi connectivity index (χ0v) is 20.2. The highest BCUT2D eigenvalue weighted by molar-refractivity contribution is 5.79. The summed E-state index contributed by atoms with van der Waals surface area (Å²) in [7, 11) is 1.74. The molecule has 35 heavy (non-hydrogen) atoms. The second-order valence-corrected chi connectivity index (χ2v) is 9.11. The molecule has 3 aromatic heterocycles. The van der Waals surface area contributed by atoms with Crippen LogP contribution in [0.2, 0.25) is 0 Å². The predicted octanol–water partition coefficient (Wildman–Crippen LogP) is 4.02. The summed E-state index contributed by atoms with van der Waals surface area (Å²) in [6.07, 6.45) is 10.1. The van der Waals surface area contributed by atoms with Crippen LogP contribution in [-0.4, -0.2) is 48.0 Å². The number of nitrogens with one attached hydrogen (secondary N) is 1. The second-order valence-electron chi connectivity index (χ2n) is 9.11. The topological polar surface area (TPSA) is 104 Å². The Balaban J connectivity index is 1.43. The van der Waals surface area contributed by atoms with Crippen LogP contribution >= 0.6 is 0 Å². The Labute approximate surface area is 204 Å². The summed E-state index contributed by atoms with van der Waals surface area (Å²) in [5.41, 5.74) is 4.80. The van der Waals surface area contributed by atoms with Gasteiger partial charge in [-0.2, -0.15) is 0 Å². The van der Waals surface area contributed by atoms with Crippen molar-refractivity contribution < 1.29 is 4.74 Å². The number of methoxy groups -OCH3 is 1. The molecule has 0 spiro atoms. The van der Waals surface area contributed by atoms with Gasteiger partial charge in [0.25, 0.3) is 0 Å². The molecular formula is C26H31N7O2. The summed E-state index contributed by atoms with van der Waals surface area (Å²) >= 11 is 0. The van der Waals surface area contributed by atoms with Crippen LogP contribution in [0, 0.1) is 0 Å². The van der Waals surface area contributed by atoms with E-state index in [1.165, 1.54) is 0 Å². The van der Waals surface area contributed by atoms with Crippen LogP contribution in [0.1, 0.15) is 56.5 Å². The quantitative estimate of drug-likeness (QED) is 0.394. The minimum atomic E-state index is 0.0269. The summed E-state index contributed by atoms with van der Waals surface area (Å²) in [5, 5.41) is 14.3. The summed E-state index contributed by atoms with van der Waals surface area (Å²) in [6.45, 7) is 2.62. The van der Waals surface area contributed by atoms with Gasteiger partial charge in [-0.3, -0.25) is 14.1 Å². The molecular weight excluding hydrogens is 442 g/mol. The third kappa shape index (κ3) is 4.68. The van der Waals surface area contributed by atoms with E-state index in [-0.39, 0.29) is 17.8 Å². The maximum Gasteiger partial charge on any atom is 0.329 e. The van der Waals surface area contributed by atoms with E-state index in [2.05, 4.69) is 33.7 Å². The Hall–Kier alpha value is -3.59. The molecule has 2 atom stereocenters. The third-order valence-electron chi connectivity index (χ3n) is 6.93. The molecule has 0 aliphatic heterocycles. The molecule has 3 heterocycles. The van der Waals surface area contributed by atoms with Gasteiger partial charge in [0.2, 0.25) is 0 Å². The summed E-state index contributed by atoms with van der Waals surface area (Å²) < 4.78 is 9.47. The number of aryl methyl sites for hydroxylation is 1. The lowest BCUT2D eigenvalue weighted by molar-refractivity contribution is 0.0737. The summed E-state index contributed by atoms with van der Waals surface area (Å²) in [6, 6.07) is 12.1. The van der Waals surface area contributed by atoms with Gasteiger partial charge in [-0.15, -0.1) is 5.10 Å². The van der Waals surface area contributed by atoms with E-state index in [1.54, 1.807) is 7.11 Å². The van der Waals surface area contributed by atoms with Crippen LogP contribution in [0.5, 0.6) is 0 Å². The molecule has 1 fully saturated rings. The number of H-pyrrole nitrogens is 1. The molecule has 1 aromatic carbocycles. The highest BCUT2D eigenvalue weighted by Crippen LogP contribution is 2.32. The van der Waals surface area contributed by atoms with Gasteiger partial charge in [0.1, 0.15) is 0 Å². The Bertz CT molecular complexity index is 1310. The van der Waals surface area contributed by atoms with Crippen LogP contribution in [0.15, 0.2) is 53.6 Å². The molecule has 2 unspecified atom stereocenters. The van der Waals surface area contributed by atoms with Crippen molar-refractivity contribution in [1.82, 2.24) is 34.7 Å². The SMILES string of the molecule is CCCCc1cn(C2CCCC2OC)c(=O)n1Cc1ccc(-c2ccccc2-c2nnn[nH]2)cn1. The molecule has 5 rings (SSSR count). The number of aromatic nitrogens is 7. The maximum absolute atomic E-state index is 13.5. The molecule has 1 N–H and O–H groups in total. The lowest BCUT2D eigenvalue weighted by atomic mass is 10.0. The average molecular weight is 474 g/mol. The van der Waals surface area contributed by atoms with Gasteiger partial charge in [0.15, 0.2) is 5.82 Å². The number of hydrogen-bond acceptors (Lipinski definition) is 6. The normalized spacial score (nSPS) is 17.8. The fourth-order valence-electron chi connectivity index (χ4n) is 5.07. The van der Waals surface area contributed by atoms with Gasteiger partial charge in [0, 0.05) is 36.3 Å². The number of tetrazole rings is 1. The van der Waals surface area contributed by atoms with Crippen molar-refractivity contribution in [3.8, 4) is 22.5 Å². The minimum Gasteiger partial charge on any atom is -0.379 e. The van der Waals surface area contributed by atoms with Crippen LogP contribution in [0.25, 0.3) is 22.5 Å². The van der Waals surface area contributed by atoms with Crippen LogP contribution in [-0.2, 0) is 17.7 Å². The van der Waals surface area contributed by atoms with Crippen molar-refractivity contribution in [2.24, 2.45) is 0 Å². The van der Waals surface area contributed by atoms with E-state index in [0.717, 1.165) is 66.6 Å². The Kier molecular flexibility index (Phi) is 6.85. The van der Waals surface area contributed by atoms with Crippen molar-refractivity contribution in [3.05, 3.63) is 70.7 Å². The van der Waals surface area contributed by atoms with Crippen molar-refractivity contribution in [1.29, 1.82) is 0 Å². The molecule has 1 aliphatic carbocycles. The number of benzene rings is 1. The van der Waals surface area contributed by atoms with Gasteiger partial charge in [-0.25, -0.2) is 9.89 Å². The number of rotatable bonds is 9. The summed E-state index contributed by atoms with van der Waals surface area (Å²) in [4.78, 5) is 18.2. The van der Waals surface area contributed by atoms with Crippen molar-refractivity contribution in [3.63, 3.8) is 0 Å². The van der Waals surface area contributed by atoms with E-state index < -0.39 is 0 Å². The van der Waals surface area contributed by atoms with Gasteiger partial charge < -0.3 is 4.74 Å². The average Bonchev–Trinajstić information content (AvgIpc) is 3.65. The third-order valence-corrected chi connectivity index (χ3v) is 6.93. The Morgan fingerprint density at radius 2 is 2.00 bits per heavy atom.